The molecular weight excluding hydrogens is 234 g/mol. The molecule has 5 nitrogen and oxygen atoms in total. The third kappa shape index (κ3) is 1.81. The number of aromatic nitrogens is 3. The first-order valence-corrected chi connectivity index (χ1v) is 6.77. The van der Waals surface area contributed by atoms with E-state index in [1.807, 2.05) is 4.52 Å². The fourth-order valence-electron chi connectivity index (χ4n) is 2.72. The van der Waals surface area contributed by atoms with Gasteiger partial charge in [-0.05, 0) is 33.4 Å². The van der Waals surface area contributed by atoms with Gasteiger partial charge in [-0.15, -0.1) is 5.10 Å². The van der Waals surface area contributed by atoms with Crippen LogP contribution in [0.15, 0.2) is 0 Å². The molecule has 0 bridgehead atoms. The minimum absolute atomic E-state index is 0.377. The fourth-order valence-corrected chi connectivity index (χ4v) is 3.72. The van der Waals surface area contributed by atoms with Crippen molar-refractivity contribution in [3.8, 4) is 0 Å². The maximum Gasteiger partial charge on any atom is 0.241 e. The average molecular weight is 251 g/mol. The molecule has 1 aliphatic heterocycles. The minimum atomic E-state index is 0.377. The molecule has 1 unspecified atom stereocenters. The Morgan fingerprint density at radius 2 is 2.29 bits per heavy atom. The normalized spacial score (nSPS) is 22.4. The number of nitrogens with zero attached hydrogens (tertiary/aromatic N) is 4. The smallest absolute Gasteiger partial charge is 0.241 e. The third-order valence-electron chi connectivity index (χ3n) is 3.44. The highest BCUT2D eigenvalue weighted by atomic mass is 32.1. The highest BCUT2D eigenvalue weighted by Crippen LogP contribution is 2.32. The van der Waals surface area contributed by atoms with Gasteiger partial charge in [-0.1, -0.05) is 11.3 Å². The lowest BCUT2D eigenvalue weighted by Gasteiger charge is -2.29. The van der Waals surface area contributed by atoms with Crippen molar-refractivity contribution in [3.63, 3.8) is 0 Å². The van der Waals surface area contributed by atoms with Crippen molar-refractivity contribution in [2.24, 2.45) is 0 Å². The van der Waals surface area contributed by atoms with Crippen molar-refractivity contribution in [1.29, 1.82) is 0 Å². The van der Waals surface area contributed by atoms with Gasteiger partial charge in [0.15, 0.2) is 0 Å². The van der Waals surface area contributed by atoms with E-state index in [9.17, 15) is 0 Å². The molecule has 1 saturated heterocycles. The Labute approximate surface area is 104 Å². The summed E-state index contributed by atoms with van der Waals surface area (Å²) in [6.45, 7) is 4.45. The first-order chi connectivity index (χ1) is 8.15. The standard InChI is InChI=1S/C11H17N5S/c1-7-9(8-4-3-5-15(2)6-8)16-11(17-7)13-10(12)14-16/h8H,3-6H2,1-2H3,(H2,12,14). The number of nitrogens with two attached hydrogens (primary N) is 1. The van der Waals surface area contributed by atoms with Crippen LogP contribution < -0.4 is 5.73 Å². The van der Waals surface area contributed by atoms with Gasteiger partial charge in [0, 0.05) is 17.3 Å². The van der Waals surface area contributed by atoms with Gasteiger partial charge in [-0.2, -0.15) is 4.98 Å². The van der Waals surface area contributed by atoms with E-state index < -0.39 is 0 Å². The van der Waals surface area contributed by atoms with E-state index in [4.69, 9.17) is 5.73 Å². The van der Waals surface area contributed by atoms with Gasteiger partial charge in [0.1, 0.15) is 0 Å². The molecule has 3 heterocycles. The van der Waals surface area contributed by atoms with Crippen LogP contribution in [0.4, 0.5) is 5.95 Å². The number of likely N-dealkylation sites (N-methyl/N-ethyl adjacent to an activating group) is 1. The van der Waals surface area contributed by atoms with Crippen molar-refractivity contribution < 1.29 is 0 Å². The van der Waals surface area contributed by atoms with Crippen LogP contribution in [0.1, 0.15) is 29.3 Å². The Kier molecular flexibility index (Phi) is 2.56. The molecule has 0 aliphatic carbocycles. The van der Waals surface area contributed by atoms with Gasteiger partial charge in [-0.25, -0.2) is 4.52 Å². The number of hydrogen-bond donors (Lipinski definition) is 1. The van der Waals surface area contributed by atoms with E-state index in [2.05, 4.69) is 29.0 Å². The molecule has 2 aromatic rings. The van der Waals surface area contributed by atoms with Crippen LogP contribution in [-0.4, -0.2) is 39.6 Å². The molecule has 17 heavy (non-hydrogen) atoms. The number of anilines is 1. The number of thiazole rings is 1. The maximum absolute atomic E-state index is 5.66. The maximum atomic E-state index is 5.66. The van der Waals surface area contributed by atoms with Crippen LogP contribution in [0.2, 0.25) is 0 Å². The number of nitrogen functional groups attached to an aromatic ring is 1. The van der Waals surface area contributed by atoms with Crippen LogP contribution in [0, 0.1) is 6.92 Å². The zero-order valence-corrected chi connectivity index (χ0v) is 11.0. The summed E-state index contributed by atoms with van der Waals surface area (Å²) in [4.78, 5) is 8.87. The third-order valence-corrected chi connectivity index (χ3v) is 4.40. The van der Waals surface area contributed by atoms with Gasteiger partial charge in [0.25, 0.3) is 0 Å². The van der Waals surface area contributed by atoms with Crippen molar-refractivity contribution in [1.82, 2.24) is 19.5 Å². The van der Waals surface area contributed by atoms with Crippen LogP contribution in [0.3, 0.4) is 0 Å². The monoisotopic (exact) mass is 251 g/mol. The van der Waals surface area contributed by atoms with Crippen molar-refractivity contribution >= 4 is 22.2 Å². The van der Waals surface area contributed by atoms with Crippen LogP contribution in [-0.2, 0) is 0 Å². The summed E-state index contributed by atoms with van der Waals surface area (Å²) in [5.41, 5.74) is 6.97. The lowest BCUT2D eigenvalue weighted by atomic mass is 9.94. The second kappa shape index (κ2) is 3.96. The molecule has 92 valence electrons. The topological polar surface area (TPSA) is 59.4 Å². The van der Waals surface area contributed by atoms with Gasteiger partial charge in [0.05, 0.1) is 5.69 Å². The van der Waals surface area contributed by atoms with Gasteiger partial charge in [-0.3, -0.25) is 0 Å². The number of likely N-dealkylation sites (tertiary alicyclic amines) is 1. The number of piperidine rings is 1. The number of hydrogen-bond acceptors (Lipinski definition) is 5. The lowest BCUT2D eigenvalue weighted by Crippen LogP contribution is -2.31. The molecule has 1 atom stereocenters. The first kappa shape index (κ1) is 11.0. The molecule has 0 amide bonds. The summed E-state index contributed by atoms with van der Waals surface area (Å²) in [6.07, 6.45) is 2.49. The second-order valence-corrected chi connectivity index (χ2v) is 5.99. The van der Waals surface area contributed by atoms with Crippen molar-refractivity contribution in [2.45, 2.75) is 25.7 Å². The Balaban J connectivity index is 2.05. The highest BCUT2D eigenvalue weighted by Gasteiger charge is 2.25. The summed E-state index contributed by atoms with van der Waals surface area (Å²) >= 11 is 1.69. The lowest BCUT2D eigenvalue weighted by molar-refractivity contribution is 0.247. The zero-order valence-electron chi connectivity index (χ0n) is 10.2. The van der Waals surface area contributed by atoms with Crippen LogP contribution in [0.5, 0.6) is 0 Å². The van der Waals surface area contributed by atoms with E-state index in [-0.39, 0.29) is 0 Å². The van der Waals surface area contributed by atoms with E-state index in [1.165, 1.54) is 30.0 Å². The van der Waals surface area contributed by atoms with Crippen LogP contribution >= 0.6 is 11.3 Å². The van der Waals surface area contributed by atoms with Gasteiger partial charge < -0.3 is 10.6 Å². The van der Waals surface area contributed by atoms with Crippen LogP contribution in [0.25, 0.3) is 4.96 Å². The van der Waals surface area contributed by atoms with E-state index in [0.717, 1.165) is 11.5 Å². The highest BCUT2D eigenvalue weighted by molar-refractivity contribution is 7.17. The summed E-state index contributed by atoms with van der Waals surface area (Å²) in [5.74, 6) is 0.935. The Morgan fingerprint density at radius 3 is 3.06 bits per heavy atom. The summed E-state index contributed by atoms with van der Waals surface area (Å²) < 4.78 is 1.94. The molecule has 2 aromatic heterocycles. The quantitative estimate of drug-likeness (QED) is 0.834. The number of rotatable bonds is 1. The van der Waals surface area contributed by atoms with Crippen molar-refractivity contribution in [3.05, 3.63) is 10.6 Å². The Bertz CT molecular complexity index is 543. The molecule has 0 radical (unpaired) electrons. The average Bonchev–Trinajstić information content (AvgIpc) is 2.72. The predicted molar refractivity (Wildman–Crippen MR) is 69.5 cm³/mol. The largest absolute Gasteiger partial charge is 0.366 e. The molecule has 2 N–H and O–H groups in total. The molecule has 1 aliphatic rings. The second-order valence-electron chi connectivity index (χ2n) is 4.81. The summed E-state index contributed by atoms with van der Waals surface area (Å²) in [6, 6.07) is 0. The molecule has 0 spiro atoms. The zero-order chi connectivity index (χ0) is 12.0. The van der Waals surface area contributed by atoms with Gasteiger partial charge in [0.2, 0.25) is 10.9 Å². The minimum Gasteiger partial charge on any atom is -0.366 e. The van der Waals surface area contributed by atoms with E-state index in [0.29, 0.717) is 11.9 Å². The summed E-state index contributed by atoms with van der Waals surface area (Å²) in [5, 5.41) is 4.31. The molecule has 6 heteroatoms. The van der Waals surface area contributed by atoms with E-state index in [1.54, 1.807) is 11.3 Å². The molecule has 0 saturated carbocycles. The van der Waals surface area contributed by atoms with E-state index >= 15 is 0 Å². The molecule has 3 rings (SSSR count). The van der Waals surface area contributed by atoms with Crippen molar-refractivity contribution in [2.75, 3.05) is 25.9 Å². The fraction of sp³-hybridized carbons (Fsp3) is 0.636. The number of fused-ring (bicyclic) bond motifs is 1. The Hall–Kier alpha value is -1.14. The molecule has 1 fully saturated rings. The predicted octanol–water partition coefficient (Wildman–Crippen LogP) is 1.49. The first-order valence-electron chi connectivity index (χ1n) is 5.95. The van der Waals surface area contributed by atoms with Gasteiger partial charge >= 0.3 is 0 Å². The Morgan fingerprint density at radius 1 is 1.47 bits per heavy atom. The SMILES string of the molecule is Cc1sc2nc(N)nn2c1C1CCCN(C)C1. The summed E-state index contributed by atoms with van der Waals surface area (Å²) in [7, 11) is 2.18. The molecule has 0 aromatic carbocycles. The number of aryl methyl sites for hydroxylation is 1. The molecular formula is C11H17N5S.